The number of hydrogen-bond donors (Lipinski definition) is 0. The highest BCUT2D eigenvalue weighted by atomic mass is 79.9. The fourth-order valence-electron chi connectivity index (χ4n) is 2.09. The molecule has 0 heterocycles. The van der Waals surface area contributed by atoms with Gasteiger partial charge < -0.3 is 4.48 Å². The molecule has 0 radical (unpaired) electrons. The number of quaternary nitrogens is 1. The fraction of sp³-hybridized carbons (Fsp3) is 1.00. The lowest BCUT2D eigenvalue weighted by molar-refractivity contribution is -0.876. The molecule has 17 heavy (non-hydrogen) atoms. The van der Waals surface area contributed by atoms with Gasteiger partial charge in [0.05, 0.1) is 20.6 Å². The molecule has 0 aromatic rings. The second-order valence-corrected chi connectivity index (χ2v) is 6.46. The van der Waals surface area contributed by atoms with Gasteiger partial charge in [-0.1, -0.05) is 58.3 Å². The number of unbranched alkanes of at least 4 members (excludes halogenated alkanes) is 9. The number of alkyl halides is 1. The van der Waals surface area contributed by atoms with E-state index in [1.54, 1.807) is 0 Å². The van der Waals surface area contributed by atoms with E-state index < -0.39 is 0 Å². The molecule has 0 fully saturated rings. The third kappa shape index (κ3) is 12.7. The van der Waals surface area contributed by atoms with Crippen molar-refractivity contribution >= 4 is 15.9 Å². The molecule has 2 heteroatoms. The zero-order chi connectivity index (χ0) is 13.0. The van der Waals surface area contributed by atoms with Gasteiger partial charge in [-0.25, -0.2) is 0 Å². The molecule has 0 aromatic heterocycles. The average molecular weight is 307 g/mol. The second-order valence-electron chi connectivity index (χ2n) is 5.96. The number of rotatable bonds is 12. The smallest absolute Gasteiger partial charge is 0.133 e. The SMILES string of the molecule is CCCCCCCCCCCC[N+](C)(C)CBr. The van der Waals surface area contributed by atoms with Gasteiger partial charge in [0.1, 0.15) is 5.45 Å². The predicted molar refractivity (Wildman–Crippen MR) is 82.6 cm³/mol. The molecular formula is C15H33BrN+. The zero-order valence-electron chi connectivity index (χ0n) is 12.3. The number of halogens is 1. The summed E-state index contributed by atoms with van der Waals surface area (Å²) in [6.45, 7) is 3.59. The van der Waals surface area contributed by atoms with Crippen LogP contribution in [0.5, 0.6) is 0 Å². The van der Waals surface area contributed by atoms with Crippen LogP contribution in [0, 0.1) is 0 Å². The molecule has 0 spiro atoms. The van der Waals surface area contributed by atoms with Gasteiger partial charge in [-0.15, -0.1) is 0 Å². The third-order valence-corrected chi connectivity index (χ3v) is 4.80. The van der Waals surface area contributed by atoms with E-state index in [1.165, 1.54) is 70.8 Å². The largest absolute Gasteiger partial charge is 0.320 e. The Bertz CT molecular complexity index is 157. The van der Waals surface area contributed by atoms with Gasteiger partial charge in [-0.3, -0.25) is 0 Å². The maximum absolute atomic E-state index is 3.57. The molecule has 0 aliphatic heterocycles. The van der Waals surface area contributed by atoms with Gasteiger partial charge in [0, 0.05) is 0 Å². The van der Waals surface area contributed by atoms with Crippen LogP contribution in [0.15, 0.2) is 0 Å². The molecule has 0 bridgehead atoms. The summed E-state index contributed by atoms with van der Waals surface area (Å²) in [5.74, 6) is 0. The van der Waals surface area contributed by atoms with Gasteiger partial charge in [0.25, 0.3) is 0 Å². The molecule has 0 unspecified atom stereocenters. The highest BCUT2D eigenvalue weighted by molar-refractivity contribution is 9.09. The van der Waals surface area contributed by atoms with E-state index in [2.05, 4.69) is 36.9 Å². The van der Waals surface area contributed by atoms with Crippen LogP contribution < -0.4 is 0 Å². The first-order valence-corrected chi connectivity index (χ1v) is 8.62. The lowest BCUT2D eigenvalue weighted by Crippen LogP contribution is -2.38. The maximum atomic E-state index is 3.57. The normalized spacial score (nSPS) is 12.0. The van der Waals surface area contributed by atoms with Crippen molar-refractivity contribution in [1.29, 1.82) is 0 Å². The summed E-state index contributed by atoms with van der Waals surface area (Å²) < 4.78 is 1.11. The van der Waals surface area contributed by atoms with Crippen molar-refractivity contribution in [3.63, 3.8) is 0 Å². The molecule has 0 saturated heterocycles. The van der Waals surface area contributed by atoms with E-state index in [4.69, 9.17) is 0 Å². The highest BCUT2D eigenvalue weighted by Crippen LogP contribution is 2.11. The molecule has 0 aliphatic rings. The summed E-state index contributed by atoms with van der Waals surface area (Å²) in [4.78, 5) is 0. The Balaban J connectivity index is 3.09. The standard InChI is InChI=1S/C15H33BrN/c1-4-5-6-7-8-9-10-11-12-13-14-17(2,3)15-16/h4-15H2,1-3H3/q+1. The Morgan fingerprint density at radius 1 is 0.706 bits per heavy atom. The van der Waals surface area contributed by atoms with Crippen LogP contribution in [0.25, 0.3) is 0 Å². The lowest BCUT2D eigenvalue weighted by atomic mass is 10.1. The minimum Gasteiger partial charge on any atom is -0.320 e. The van der Waals surface area contributed by atoms with Crippen LogP contribution in [0.1, 0.15) is 71.1 Å². The zero-order valence-corrected chi connectivity index (χ0v) is 13.9. The first kappa shape index (κ1) is 17.4. The van der Waals surface area contributed by atoms with Crippen molar-refractivity contribution in [2.45, 2.75) is 71.1 Å². The monoisotopic (exact) mass is 306 g/mol. The molecule has 0 atom stereocenters. The summed E-state index contributed by atoms with van der Waals surface area (Å²) in [7, 11) is 4.59. The van der Waals surface area contributed by atoms with Gasteiger partial charge in [0.2, 0.25) is 0 Å². The summed E-state index contributed by atoms with van der Waals surface area (Å²) in [5.41, 5.74) is 1.07. The Morgan fingerprint density at radius 2 is 1.12 bits per heavy atom. The molecule has 0 aliphatic carbocycles. The van der Waals surface area contributed by atoms with Gasteiger partial charge in [-0.05, 0) is 28.8 Å². The topological polar surface area (TPSA) is 0 Å². The first-order valence-electron chi connectivity index (χ1n) is 7.50. The van der Waals surface area contributed by atoms with E-state index in [0.29, 0.717) is 0 Å². The third-order valence-electron chi connectivity index (χ3n) is 3.44. The van der Waals surface area contributed by atoms with Gasteiger partial charge in [0.15, 0.2) is 0 Å². The van der Waals surface area contributed by atoms with Crippen molar-refractivity contribution in [3.8, 4) is 0 Å². The Labute approximate surface area is 118 Å². The Kier molecular flexibility index (Phi) is 11.8. The molecule has 0 N–H and O–H groups in total. The summed E-state index contributed by atoms with van der Waals surface area (Å²) >= 11 is 3.57. The fourth-order valence-corrected chi connectivity index (χ4v) is 2.34. The molecule has 0 aromatic carbocycles. The van der Waals surface area contributed by atoms with E-state index in [0.717, 1.165) is 9.94 Å². The molecule has 1 nitrogen and oxygen atoms in total. The summed E-state index contributed by atoms with van der Waals surface area (Å²) in [6.07, 6.45) is 14.3. The highest BCUT2D eigenvalue weighted by Gasteiger charge is 2.10. The Morgan fingerprint density at radius 3 is 1.53 bits per heavy atom. The first-order chi connectivity index (χ1) is 8.12. The molecule has 0 amide bonds. The van der Waals surface area contributed by atoms with E-state index in [-0.39, 0.29) is 0 Å². The van der Waals surface area contributed by atoms with E-state index >= 15 is 0 Å². The number of nitrogens with zero attached hydrogens (tertiary/aromatic N) is 1. The van der Waals surface area contributed by atoms with Crippen LogP contribution in [0.4, 0.5) is 0 Å². The number of hydrogen-bond acceptors (Lipinski definition) is 0. The van der Waals surface area contributed by atoms with Crippen LogP contribution in [0.2, 0.25) is 0 Å². The van der Waals surface area contributed by atoms with Crippen LogP contribution in [-0.4, -0.2) is 30.6 Å². The van der Waals surface area contributed by atoms with Crippen molar-refractivity contribution in [2.24, 2.45) is 0 Å². The molecule has 104 valence electrons. The molecule has 0 rings (SSSR count). The van der Waals surface area contributed by atoms with E-state index in [1.807, 2.05) is 0 Å². The minimum absolute atomic E-state index is 1.07. The maximum Gasteiger partial charge on any atom is 0.133 e. The Hall–Kier alpha value is 0.440. The predicted octanol–water partition coefficient (Wildman–Crippen LogP) is 5.34. The van der Waals surface area contributed by atoms with Crippen LogP contribution >= 0.6 is 15.9 Å². The molecule has 0 saturated carbocycles. The van der Waals surface area contributed by atoms with E-state index in [9.17, 15) is 0 Å². The average Bonchev–Trinajstić information content (AvgIpc) is 2.31. The quantitative estimate of drug-likeness (QED) is 0.198. The van der Waals surface area contributed by atoms with Crippen LogP contribution in [-0.2, 0) is 0 Å². The minimum atomic E-state index is 1.07. The van der Waals surface area contributed by atoms with Crippen LogP contribution in [0.3, 0.4) is 0 Å². The van der Waals surface area contributed by atoms with Gasteiger partial charge >= 0.3 is 0 Å². The summed E-state index contributed by atoms with van der Waals surface area (Å²) in [5, 5.41) is 0. The lowest BCUT2D eigenvalue weighted by Gasteiger charge is -2.26. The van der Waals surface area contributed by atoms with Crippen molar-refractivity contribution < 1.29 is 4.48 Å². The van der Waals surface area contributed by atoms with Gasteiger partial charge in [-0.2, -0.15) is 0 Å². The van der Waals surface area contributed by atoms with Crippen molar-refractivity contribution in [1.82, 2.24) is 0 Å². The molecular weight excluding hydrogens is 274 g/mol. The van der Waals surface area contributed by atoms with Crippen molar-refractivity contribution in [2.75, 3.05) is 26.1 Å². The summed E-state index contributed by atoms with van der Waals surface area (Å²) in [6, 6.07) is 0. The van der Waals surface area contributed by atoms with Crippen molar-refractivity contribution in [3.05, 3.63) is 0 Å². The second kappa shape index (κ2) is 11.5.